The molecule has 14 heavy (non-hydrogen) atoms. The van der Waals surface area contributed by atoms with Crippen LogP contribution in [0.3, 0.4) is 0 Å². The lowest BCUT2D eigenvalue weighted by atomic mass is 10.1. The Morgan fingerprint density at radius 3 is 2.79 bits per heavy atom. The van der Waals surface area contributed by atoms with Crippen LogP contribution in [0.4, 0.5) is 0 Å². The largest absolute Gasteiger partial charge is 0.369 e. The van der Waals surface area contributed by atoms with E-state index in [9.17, 15) is 4.79 Å². The number of benzene rings is 1. The van der Waals surface area contributed by atoms with E-state index in [-0.39, 0.29) is 12.5 Å². The summed E-state index contributed by atoms with van der Waals surface area (Å²) in [5, 5.41) is 2.99. The van der Waals surface area contributed by atoms with Gasteiger partial charge in [-0.25, -0.2) is 0 Å². The molecule has 1 amide bonds. The van der Waals surface area contributed by atoms with Crippen molar-refractivity contribution in [3.8, 4) is 0 Å². The highest BCUT2D eigenvalue weighted by atomic mass is 16.1. The fourth-order valence-corrected chi connectivity index (χ4v) is 1.33. The molecule has 0 saturated heterocycles. The van der Waals surface area contributed by atoms with Crippen molar-refractivity contribution in [2.45, 2.75) is 13.3 Å². The molecule has 0 unspecified atom stereocenters. The second-order valence-corrected chi connectivity index (χ2v) is 3.32. The summed E-state index contributed by atoms with van der Waals surface area (Å²) in [5.41, 5.74) is 7.60. The Hall–Kier alpha value is -1.35. The molecule has 3 N–H and O–H groups in total. The van der Waals surface area contributed by atoms with E-state index in [1.165, 1.54) is 11.1 Å². The molecular formula is C11H16N2O. The van der Waals surface area contributed by atoms with Crippen LogP contribution in [0.5, 0.6) is 0 Å². The van der Waals surface area contributed by atoms with Crippen LogP contribution < -0.4 is 11.1 Å². The first-order chi connectivity index (χ1) is 6.70. The summed E-state index contributed by atoms with van der Waals surface area (Å²) in [6, 6.07) is 8.23. The fourth-order valence-electron chi connectivity index (χ4n) is 1.33. The first kappa shape index (κ1) is 10.7. The molecule has 0 atom stereocenters. The van der Waals surface area contributed by atoms with Crippen LogP contribution in [0.1, 0.15) is 11.1 Å². The fraction of sp³-hybridized carbons (Fsp3) is 0.364. The SMILES string of the molecule is Cc1ccccc1CCNCC(N)=O. The van der Waals surface area contributed by atoms with Crippen LogP contribution in [-0.2, 0) is 11.2 Å². The van der Waals surface area contributed by atoms with Crippen LogP contribution in [0.25, 0.3) is 0 Å². The molecular weight excluding hydrogens is 176 g/mol. The van der Waals surface area contributed by atoms with E-state index >= 15 is 0 Å². The average molecular weight is 192 g/mol. The van der Waals surface area contributed by atoms with Crippen molar-refractivity contribution >= 4 is 5.91 Å². The molecule has 1 aromatic carbocycles. The molecule has 0 bridgehead atoms. The van der Waals surface area contributed by atoms with Gasteiger partial charge < -0.3 is 11.1 Å². The number of carbonyl (C=O) groups is 1. The first-order valence-corrected chi connectivity index (χ1v) is 4.73. The van der Waals surface area contributed by atoms with E-state index in [4.69, 9.17) is 5.73 Å². The minimum absolute atomic E-state index is 0.256. The summed E-state index contributed by atoms with van der Waals surface area (Å²) in [6.45, 7) is 3.13. The Kier molecular flexibility index (Phi) is 4.13. The molecule has 3 nitrogen and oxygen atoms in total. The van der Waals surface area contributed by atoms with Crippen molar-refractivity contribution in [3.05, 3.63) is 35.4 Å². The van der Waals surface area contributed by atoms with Gasteiger partial charge in [0.05, 0.1) is 6.54 Å². The quantitative estimate of drug-likeness (QED) is 0.672. The molecule has 1 aromatic rings. The average Bonchev–Trinajstić information content (AvgIpc) is 2.15. The van der Waals surface area contributed by atoms with E-state index in [1.807, 2.05) is 12.1 Å². The summed E-state index contributed by atoms with van der Waals surface area (Å²) in [6.07, 6.45) is 0.931. The lowest BCUT2D eigenvalue weighted by Crippen LogP contribution is -2.29. The Balaban J connectivity index is 2.31. The van der Waals surface area contributed by atoms with Gasteiger partial charge in [-0.1, -0.05) is 24.3 Å². The number of amides is 1. The minimum atomic E-state index is -0.310. The first-order valence-electron chi connectivity index (χ1n) is 4.73. The van der Waals surface area contributed by atoms with Gasteiger partial charge >= 0.3 is 0 Å². The van der Waals surface area contributed by atoms with Crippen LogP contribution in [0.2, 0.25) is 0 Å². The molecule has 0 fully saturated rings. The molecule has 76 valence electrons. The van der Waals surface area contributed by atoms with Crippen LogP contribution in [-0.4, -0.2) is 19.0 Å². The topological polar surface area (TPSA) is 55.1 Å². The Morgan fingerprint density at radius 2 is 2.14 bits per heavy atom. The van der Waals surface area contributed by atoms with Crippen molar-refractivity contribution in [2.24, 2.45) is 5.73 Å². The summed E-state index contributed by atoms with van der Waals surface area (Å²) in [7, 11) is 0. The standard InChI is InChI=1S/C11H16N2O/c1-9-4-2-3-5-10(9)6-7-13-8-11(12)14/h2-5,13H,6-8H2,1H3,(H2,12,14). The Bertz CT molecular complexity index is 310. The highest BCUT2D eigenvalue weighted by Crippen LogP contribution is 2.06. The van der Waals surface area contributed by atoms with Gasteiger partial charge in [-0.3, -0.25) is 4.79 Å². The van der Waals surface area contributed by atoms with Gasteiger partial charge in [0.1, 0.15) is 0 Å². The second kappa shape index (κ2) is 5.40. The molecule has 0 saturated carbocycles. The van der Waals surface area contributed by atoms with Gasteiger partial charge in [0.25, 0.3) is 0 Å². The highest BCUT2D eigenvalue weighted by Gasteiger charge is 1.97. The number of hydrogen-bond acceptors (Lipinski definition) is 2. The van der Waals surface area contributed by atoms with E-state index in [2.05, 4.69) is 24.4 Å². The van der Waals surface area contributed by atoms with Gasteiger partial charge in [-0.2, -0.15) is 0 Å². The lowest BCUT2D eigenvalue weighted by molar-refractivity contribution is -0.117. The van der Waals surface area contributed by atoms with Crippen molar-refractivity contribution < 1.29 is 4.79 Å². The molecule has 0 radical (unpaired) electrons. The van der Waals surface area contributed by atoms with Crippen LogP contribution in [0, 0.1) is 6.92 Å². The van der Waals surface area contributed by atoms with Gasteiger partial charge in [0.15, 0.2) is 0 Å². The van der Waals surface area contributed by atoms with Crippen molar-refractivity contribution in [2.75, 3.05) is 13.1 Å². The summed E-state index contributed by atoms with van der Waals surface area (Å²) < 4.78 is 0. The van der Waals surface area contributed by atoms with E-state index < -0.39 is 0 Å². The lowest BCUT2D eigenvalue weighted by Gasteiger charge is -2.05. The molecule has 3 heteroatoms. The second-order valence-electron chi connectivity index (χ2n) is 3.32. The molecule has 0 aliphatic carbocycles. The third-order valence-electron chi connectivity index (χ3n) is 2.13. The van der Waals surface area contributed by atoms with Crippen molar-refractivity contribution in [3.63, 3.8) is 0 Å². The number of primary amides is 1. The van der Waals surface area contributed by atoms with Gasteiger partial charge in [-0.15, -0.1) is 0 Å². The Morgan fingerprint density at radius 1 is 1.43 bits per heavy atom. The predicted molar refractivity (Wildman–Crippen MR) is 56.9 cm³/mol. The summed E-state index contributed by atoms with van der Waals surface area (Å²) >= 11 is 0. The summed E-state index contributed by atoms with van der Waals surface area (Å²) in [4.78, 5) is 10.4. The highest BCUT2D eigenvalue weighted by molar-refractivity contribution is 5.75. The van der Waals surface area contributed by atoms with Crippen LogP contribution >= 0.6 is 0 Å². The monoisotopic (exact) mass is 192 g/mol. The maximum atomic E-state index is 10.4. The maximum absolute atomic E-state index is 10.4. The number of aryl methyl sites for hydroxylation is 1. The number of hydrogen-bond donors (Lipinski definition) is 2. The zero-order valence-corrected chi connectivity index (χ0v) is 8.42. The van der Waals surface area contributed by atoms with E-state index in [0.29, 0.717) is 0 Å². The van der Waals surface area contributed by atoms with Crippen molar-refractivity contribution in [1.82, 2.24) is 5.32 Å². The molecule has 0 heterocycles. The molecule has 0 aliphatic rings. The van der Waals surface area contributed by atoms with E-state index in [1.54, 1.807) is 0 Å². The third kappa shape index (κ3) is 3.58. The minimum Gasteiger partial charge on any atom is -0.369 e. The van der Waals surface area contributed by atoms with Crippen LogP contribution in [0.15, 0.2) is 24.3 Å². The third-order valence-corrected chi connectivity index (χ3v) is 2.13. The number of carbonyl (C=O) groups excluding carboxylic acids is 1. The predicted octanol–water partition coefficient (Wildman–Crippen LogP) is 0.612. The van der Waals surface area contributed by atoms with E-state index in [0.717, 1.165) is 13.0 Å². The zero-order chi connectivity index (χ0) is 10.4. The Labute approximate surface area is 84.3 Å². The number of nitrogens with two attached hydrogens (primary N) is 1. The normalized spacial score (nSPS) is 10.1. The molecule has 0 aliphatic heterocycles. The molecule has 0 aromatic heterocycles. The number of rotatable bonds is 5. The molecule has 1 rings (SSSR count). The maximum Gasteiger partial charge on any atom is 0.231 e. The van der Waals surface area contributed by atoms with Gasteiger partial charge in [0.2, 0.25) is 5.91 Å². The summed E-state index contributed by atoms with van der Waals surface area (Å²) in [5.74, 6) is -0.310. The van der Waals surface area contributed by atoms with Gasteiger partial charge in [-0.05, 0) is 31.0 Å². The van der Waals surface area contributed by atoms with Gasteiger partial charge in [0, 0.05) is 0 Å². The molecule has 0 spiro atoms. The smallest absolute Gasteiger partial charge is 0.231 e. The van der Waals surface area contributed by atoms with Crippen molar-refractivity contribution in [1.29, 1.82) is 0 Å². The zero-order valence-electron chi connectivity index (χ0n) is 8.42. The number of nitrogens with one attached hydrogen (secondary N) is 1.